The highest BCUT2D eigenvalue weighted by Crippen LogP contribution is 2.02. The highest BCUT2D eigenvalue weighted by atomic mass is 16.1. The van der Waals surface area contributed by atoms with Gasteiger partial charge in [0.1, 0.15) is 0 Å². The van der Waals surface area contributed by atoms with Gasteiger partial charge in [-0.05, 0) is 13.5 Å². The van der Waals surface area contributed by atoms with Gasteiger partial charge in [0.15, 0.2) is 0 Å². The van der Waals surface area contributed by atoms with Crippen LogP contribution in [0, 0.1) is 0 Å². The van der Waals surface area contributed by atoms with Crippen LogP contribution in [0.25, 0.3) is 0 Å². The quantitative estimate of drug-likeness (QED) is 0.744. The van der Waals surface area contributed by atoms with Crippen LogP contribution in [-0.2, 0) is 4.79 Å². The lowest BCUT2D eigenvalue weighted by Gasteiger charge is -2.34. The molecule has 4 heteroatoms. The maximum Gasteiger partial charge on any atom is 0.219 e. The smallest absolute Gasteiger partial charge is 0.219 e. The van der Waals surface area contributed by atoms with Gasteiger partial charge in [0.05, 0.1) is 0 Å². The normalized spacial score (nSPS) is 20.7. The summed E-state index contributed by atoms with van der Waals surface area (Å²) in [6.07, 6.45) is 1.59. The highest BCUT2D eigenvalue weighted by Gasteiger charge is 2.18. The minimum atomic E-state index is 0.168. The fraction of sp³-hybridized carbons (Fsp3) is 0.917. The van der Waals surface area contributed by atoms with Crippen LogP contribution in [-0.4, -0.2) is 61.5 Å². The molecule has 0 unspecified atom stereocenters. The molecule has 0 aliphatic carbocycles. The van der Waals surface area contributed by atoms with Crippen molar-refractivity contribution in [1.29, 1.82) is 0 Å². The van der Waals surface area contributed by atoms with Crippen molar-refractivity contribution in [1.82, 2.24) is 15.1 Å². The second kappa shape index (κ2) is 6.86. The van der Waals surface area contributed by atoms with Gasteiger partial charge in [0.25, 0.3) is 0 Å². The number of hydrogen-bond donors (Lipinski definition) is 1. The van der Waals surface area contributed by atoms with Crippen molar-refractivity contribution in [3.63, 3.8) is 0 Å². The molecule has 16 heavy (non-hydrogen) atoms. The average Bonchev–Trinajstić information content (AvgIpc) is 2.30. The summed E-state index contributed by atoms with van der Waals surface area (Å²) in [4.78, 5) is 16.1. The number of carbonyl (C=O) groups excluding carboxylic acids is 1. The van der Waals surface area contributed by atoms with Crippen molar-refractivity contribution in [3.05, 3.63) is 0 Å². The molecule has 1 N–H and O–H groups in total. The van der Waals surface area contributed by atoms with E-state index in [1.807, 2.05) is 6.92 Å². The van der Waals surface area contributed by atoms with Crippen molar-refractivity contribution in [3.8, 4) is 0 Å². The molecule has 0 saturated carbocycles. The molecule has 1 aliphatic rings. The maximum atomic E-state index is 11.3. The van der Waals surface area contributed by atoms with E-state index in [0.29, 0.717) is 12.5 Å². The van der Waals surface area contributed by atoms with E-state index in [-0.39, 0.29) is 5.91 Å². The lowest BCUT2D eigenvalue weighted by molar-refractivity contribution is -0.121. The predicted molar refractivity (Wildman–Crippen MR) is 66.4 cm³/mol. The lowest BCUT2D eigenvalue weighted by atomic mass is 10.2. The Balaban J connectivity index is 2.29. The second-order valence-corrected chi connectivity index (χ2v) is 4.63. The van der Waals surface area contributed by atoms with E-state index in [1.54, 1.807) is 0 Å². The number of likely N-dealkylation sites (N-methyl/N-ethyl adjacent to an activating group) is 1. The van der Waals surface area contributed by atoms with Gasteiger partial charge in [-0.1, -0.05) is 13.8 Å². The summed E-state index contributed by atoms with van der Waals surface area (Å²) in [5.74, 6) is 0.168. The molecular weight excluding hydrogens is 202 g/mol. The van der Waals surface area contributed by atoms with Crippen LogP contribution < -0.4 is 5.32 Å². The molecular formula is C12H25N3O. The maximum absolute atomic E-state index is 11.3. The molecule has 1 fully saturated rings. The van der Waals surface area contributed by atoms with Crippen LogP contribution >= 0.6 is 0 Å². The summed E-state index contributed by atoms with van der Waals surface area (Å²) in [6, 6.07) is 0.316. The van der Waals surface area contributed by atoms with Crippen molar-refractivity contribution in [2.24, 2.45) is 0 Å². The molecule has 0 radical (unpaired) electrons. The van der Waals surface area contributed by atoms with E-state index in [4.69, 9.17) is 0 Å². The van der Waals surface area contributed by atoms with Crippen LogP contribution in [0.15, 0.2) is 0 Å². The fourth-order valence-corrected chi connectivity index (χ4v) is 1.95. The number of hydrogen-bond acceptors (Lipinski definition) is 3. The van der Waals surface area contributed by atoms with Crippen LogP contribution in [0.1, 0.15) is 26.7 Å². The van der Waals surface area contributed by atoms with Crippen LogP contribution in [0.5, 0.6) is 0 Å². The zero-order valence-corrected chi connectivity index (χ0v) is 10.8. The van der Waals surface area contributed by atoms with Gasteiger partial charge < -0.3 is 10.2 Å². The Labute approximate surface area is 99.0 Å². The van der Waals surface area contributed by atoms with Gasteiger partial charge in [-0.2, -0.15) is 0 Å². The van der Waals surface area contributed by atoms with E-state index in [2.05, 4.69) is 29.1 Å². The van der Waals surface area contributed by atoms with Crippen molar-refractivity contribution < 1.29 is 4.79 Å². The molecule has 4 nitrogen and oxygen atoms in total. The first kappa shape index (κ1) is 13.5. The van der Waals surface area contributed by atoms with E-state index in [9.17, 15) is 4.79 Å². The van der Waals surface area contributed by atoms with Gasteiger partial charge in [-0.15, -0.1) is 0 Å². The summed E-state index contributed by atoms with van der Waals surface area (Å²) in [6.45, 7) is 9.55. The van der Waals surface area contributed by atoms with Gasteiger partial charge in [0, 0.05) is 45.2 Å². The first-order valence-corrected chi connectivity index (χ1v) is 6.36. The van der Waals surface area contributed by atoms with E-state index >= 15 is 0 Å². The Morgan fingerprint density at radius 2 is 1.88 bits per heavy atom. The largest absolute Gasteiger partial charge is 0.352 e. The number of piperazine rings is 1. The Morgan fingerprint density at radius 3 is 2.38 bits per heavy atom. The number of nitrogens with one attached hydrogen (secondary N) is 1. The average molecular weight is 227 g/mol. The summed E-state index contributed by atoms with van der Waals surface area (Å²) >= 11 is 0. The van der Waals surface area contributed by atoms with E-state index in [0.717, 1.165) is 39.1 Å². The standard InChI is InChI=1S/C12H25N3O/c1-4-11(13-12(16)5-2)10-15-8-6-14(3)7-9-15/h11H,4-10H2,1-3H3,(H,13,16)/t11-/m1/s1. The van der Waals surface area contributed by atoms with E-state index in [1.165, 1.54) is 0 Å². The molecule has 1 atom stereocenters. The third kappa shape index (κ3) is 4.49. The Bertz CT molecular complexity index is 212. The molecule has 0 aromatic rings. The number of nitrogens with zero attached hydrogens (tertiary/aromatic N) is 2. The number of carbonyl (C=O) groups is 1. The molecule has 94 valence electrons. The van der Waals surface area contributed by atoms with Crippen molar-refractivity contribution >= 4 is 5.91 Å². The zero-order chi connectivity index (χ0) is 12.0. The van der Waals surface area contributed by atoms with Crippen LogP contribution in [0.3, 0.4) is 0 Å². The van der Waals surface area contributed by atoms with Crippen LogP contribution in [0.4, 0.5) is 0 Å². The summed E-state index contributed by atoms with van der Waals surface area (Å²) in [5.41, 5.74) is 0. The van der Waals surface area contributed by atoms with E-state index < -0.39 is 0 Å². The Morgan fingerprint density at radius 1 is 1.25 bits per heavy atom. The molecule has 1 amide bonds. The minimum Gasteiger partial charge on any atom is -0.352 e. The van der Waals surface area contributed by atoms with Crippen molar-refractivity contribution in [2.75, 3.05) is 39.8 Å². The number of rotatable bonds is 5. The second-order valence-electron chi connectivity index (χ2n) is 4.63. The Kier molecular flexibility index (Phi) is 5.77. The highest BCUT2D eigenvalue weighted by molar-refractivity contribution is 5.75. The summed E-state index contributed by atoms with van der Waals surface area (Å²) in [7, 11) is 2.16. The third-order valence-corrected chi connectivity index (χ3v) is 3.25. The Hall–Kier alpha value is -0.610. The minimum absolute atomic E-state index is 0.168. The fourth-order valence-electron chi connectivity index (χ4n) is 1.95. The molecule has 0 bridgehead atoms. The number of amides is 1. The van der Waals surface area contributed by atoms with Crippen LogP contribution in [0.2, 0.25) is 0 Å². The topological polar surface area (TPSA) is 35.6 Å². The molecule has 1 saturated heterocycles. The SMILES string of the molecule is CCC(=O)N[C@H](CC)CN1CCN(C)CC1. The zero-order valence-electron chi connectivity index (χ0n) is 10.8. The molecule has 1 heterocycles. The third-order valence-electron chi connectivity index (χ3n) is 3.25. The summed E-state index contributed by atoms with van der Waals surface area (Å²) in [5, 5.41) is 3.08. The van der Waals surface area contributed by atoms with Crippen molar-refractivity contribution in [2.45, 2.75) is 32.7 Å². The van der Waals surface area contributed by atoms with Gasteiger partial charge in [0.2, 0.25) is 5.91 Å². The lowest BCUT2D eigenvalue weighted by Crippen LogP contribution is -2.50. The van der Waals surface area contributed by atoms with Gasteiger partial charge in [-0.25, -0.2) is 0 Å². The monoisotopic (exact) mass is 227 g/mol. The first-order chi connectivity index (χ1) is 7.65. The molecule has 0 aromatic carbocycles. The molecule has 1 aliphatic heterocycles. The molecule has 0 aromatic heterocycles. The molecule has 1 rings (SSSR count). The summed E-state index contributed by atoms with van der Waals surface area (Å²) < 4.78 is 0. The first-order valence-electron chi connectivity index (χ1n) is 6.36. The van der Waals surface area contributed by atoms with Gasteiger partial charge in [-0.3, -0.25) is 9.69 Å². The molecule has 0 spiro atoms. The predicted octanol–water partition coefficient (Wildman–Crippen LogP) is 0.539. The van der Waals surface area contributed by atoms with Gasteiger partial charge >= 0.3 is 0 Å².